The van der Waals surface area contributed by atoms with Gasteiger partial charge in [-0.2, -0.15) is 0 Å². The van der Waals surface area contributed by atoms with Crippen molar-refractivity contribution in [3.05, 3.63) is 89.4 Å². The molecule has 6 N–H and O–H groups in total. The average Bonchev–Trinajstić information content (AvgIpc) is 3.51. The number of pyridine rings is 1. The molecule has 9 nitrogen and oxygen atoms in total. The van der Waals surface area contributed by atoms with Crippen LogP contribution in [0.3, 0.4) is 0 Å². The van der Waals surface area contributed by atoms with E-state index in [1.54, 1.807) is 19.2 Å². The van der Waals surface area contributed by atoms with Crippen molar-refractivity contribution < 1.29 is 14.3 Å². The first-order valence-electron chi connectivity index (χ1n) is 11.9. The van der Waals surface area contributed by atoms with Crippen LogP contribution in [-0.2, 0) is 17.8 Å². The second-order valence-corrected chi connectivity index (χ2v) is 8.92. The number of nitrogen functional groups attached to an aromatic ring is 1. The smallest absolute Gasteiger partial charge is 0.268 e. The first-order chi connectivity index (χ1) is 17.9. The first kappa shape index (κ1) is 23.9. The number of hydrogen-bond acceptors (Lipinski definition) is 5. The van der Waals surface area contributed by atoms with Gasteiger partial charge >= 0.3 is 0 Å². The lowest BCUT2D eigenvalue weighted by Gasteiger charge is -2.18. The van der Waals surface area contributed by atoms with Gasteiger partial charge in [-0.1, -0.05) is 24.3 Å². The molecule has 0 aliphatic rings. The summed E-state index contributed by atoms with van der Waals surface area (Å²) in [4.78, 5) is 37.2. The zero-order valence-electron chi connectivity index (χ0n) is 20.6. The number of hydrogen-bond donors (Lipinski definition) is 5. The van der Waals surface area contributed by atoms with E-state index in [0.29, 0.717) is 23.7 Å². The normalized spacial score (nSPS) is 11.9. The summed E-state index contributed by atoms with van der Waals surface area (Å²) in [6.45, 7) is 2.11. The lowest BCUT2D eigenvalue weighted by Crippen LogP contribution is -2.48. The number of carbonyl (C=O) groups is 2. The van der Waals surface area contributed by atoms with Crippen molar-refractivity contribution in [2.75, 3.05) is 12.8 Å². The van der Waals surface area contributed by atoms with Crippen LogP contribution in [0.5, 0.6) is 5.75 Å². The van der Waals surface area contributed by atoms with Gasteiger partial charge in [0.25, 0.3) is 5.91 Å². The number of nitrogens with two attached hydrogens (primary N) is 1. The first-order valence-corrected chi connectivity index (χ1v) is 11.9. The van der Waals surface area contributed by atoms with E-state index in [4.69, 9.17) is 10.5 Å². The monoisotopic (exact) mass is 496 g/mol. The minimum Gasteiger partial charge on any atom is -0.497 e. The molecule has 9 heteroatoms. The number of aryl methyl sites for hydroxylation is 1. The fourth-order valence-corrected chi connectivity index (χ4v) is 4.43. The Morgan fingerprint density at radius 2 is 1.89 bits per heavy atom. The highest BCUT2D eigenvalue weighted by Gasteiger charge is 2.24. The van der Waals surface area contributed by atoms with Crippen LogP contribution in [0.1, 0.15) is 27.3 Å². The van der Waals surface area contributed by atoms with Gasteiger partial charge in [0.1, 0.15) is 23.3 Å². The number of anilines is 1. The Morgan fingerprint density at radius 1 is 1.05 bits per heavy atom. The van der Waals surface area contributed by atoms with Crippen LogP contribution in [-0.4, -0.2) is 39.9 Å². The second-order valence-electron chi connectivity index (χ2n) is 8.92. The summed E-state index contributed by atoms with van der Waals surface area (Å²) in [5, 5.41) is 7.72. The molecule has 1 atom stereocenters. The average molecular weight is 497 g/mol. The molecule has 2 amide bonds. The van der Waals surface area contributed by atoms with E-state index < -0.39 is 6.04 Å². The second kappa shape index (κ2) is 10.1. The van der Waals surface area contributed by atoms with Crippen molar-refractivity contribution in [1.29, 1.82) is 0 Å². The van der Waals surface area contributed by atoms with Gasteiger partial charge in [-0.05, 0) is 54.4 Å². The highest BCUT2D eigenvalue weighted by Crippen LogP contribution is 2.22. The third-order valence-electron chi connectivity index (χ3n) is 6.46. The zero-order valence-corrected chi connectivity index (χ0v) is 20.6. The Bertz CT molecular complexity index is 1600. The van der Waals surface area contributed by atoms with Gasteiger partial charge in [-0.15, -0.1) is 0 Å². The third-order valence-corrected chi connectivity index (χ3v) is 6.46. The van der Waals surface area contributed by atoms with E-state index in [1.807, 2.05) is 61.7 Å². The minimum absolute atomic E-state index is 0.268. The molecule has 0 bridgehead atoms. The summed E-state index contributed by atoms with van der Waals surface area (Å²) < 4.78 is 5.28. The largest absolute Gasteiger partial charge is 0.497 e. The quantitative estimate of drug-likeness (QED) is 0.223. The van der Waals surface area contributed by atoms with Crippen molar-refractivity contribution in [2.24, 2.45) is 0 Å². The predicted octanol–water partition coefficient (Wildman–Crippen LogP) is 3.60. The van der Waals surface area contributed by atoms with Crippen LogP contribution in [0.4, 0.5) is 5.82 Å². The number of para-hydroxylation sites is 1. The van der Waals surface area contributed by atoms with E-state index in [9.17, 15) is 9.59 Å². The SMILES string of the molecule is COc1ccc2[nH]c(C(=O)N[C@@H](Cc3c[nH]c4ccccc34)C(=O)NCc3ccc(N)nc3C)cc2c1. The molecule has 37 heavy (non-hydrogen) atoms. The van der Waals surface area contributed by atoms with E-state index >= 15 is 0 Å². The van der Waals surface area contributed by atoms with Crippen LogP contribution in [0.15, 0.2) is 66.9 Å². The fourth-order valence-electron chi connectivity index (χ4n) is 4.43. The summed E-state index contributed by atoms with van der Waals surface area (Å²) in [5.74, 6) is 0.448. The van der Waals surface area contributed by atoms with Gasteiger partial charge < -0.3 is 31.1 Å². The Kier molecular flexibility index (Phi) is 6.51. The van der Waals surface area contributed by atoms with Crippen molar-refractivity contribution in [3.8, 4) is 5.75 Å². The molecule has 5 rings (SSSR count). The topological polar surface area (TPSA) is 138 Å². The van der Waals surface area contributed by atoms with Crippen LogP contribution in [0, 0.1) is 6.92 Å². The summed E-state index contributed by atoms with van der Waals surface area (Å²) >= 11 is 0. The van der Waals surface area contributed by atoms with Crippen LogP contribution >= 0.6 is 0 Å². The molecule has 0 aliphatic carbocycles. The zero-order chi connectivity index (χ0) is 25.9. The number of nitrogens with one attached hydrogen (secondary N) is 4. The number of methoxy groups -OCH3 is 1. The maximum atomic E-state index is 13.4. The molecule has 0 radical (unpaired) electrons. The molecule has 0 saturated heterocycles. The summed E-state index contributed by atoms with van der Waals surface area (Å²) in [5.41, 5.74) is 10.4. The maximum absolute atomic E-state index is 13.4. The van der Waals surface area contributed by atoms with Gasteiger partial charge in [0.05, 0.1) is 7.11 Å². The van der Waals surface area contributed by atoms with Crippen molar-refractivity contribution in [1.82, 2.24) is 25.6 Å². The molecular weight excluding hydrogens is 468 g/mol. The number of aromatic nitrogens is 3. The van der Waals surface area contributed by atoms with Crippen molar-refractivity contribution in [2.45, 2.75) is 25.9 Å². The Balaban J connectivity index is 1.39. The van der Waals surface area contributed by atoms with E-state index in [0.717, 1.165) is 38.6 Å². The molecule has 3 aromatic heterocycles. The third kappa shape index (κ3) is 5.11. The predicted molar refractivity (Wildman–Crippen MR) is 143 cm³/mol. The lowest BCUT2D eigenvalue weighted by molar-refractivity contribution is -0.123. The molecule has 0 spiro atoms. The number of H-pyrrole nitrogens is 2. The van der Waals surface area contributed by atoms with E-state index in [1.165, 1.54) is 0 Å². The van der Waals surface area contributed by atoms with Gasteiger partial charge in [-0.3, -0.25) is 9.59 Å². The Hall–Kier alpha value is -4.79. The fraction of sp³-hybridized carbons (Fsp3) is 0.179. The number of rotatable bonds is 8. The maximum Gasteiger partial charge on any atom is 0.268 e. The highest BCUT2D eigenvalue weighted by molar-refractivity contribution is 6.00. The van der Waals surface area contributed by atoms with E-state index in [2.05, 4.69) is 25.6 Å². The number of nitrogens with zero attached hydrogens (tertiary/aromatic N) is 1. The number of carbonyl (C=O) groups excluding carboxylic acids is 2. The van der Waals surface area contributed by atoms with Gasteiger partial charge in [-0.25, -0.2) is 4.98 Å². The van der Waals surface area contributed by atoms with Crippen LogP contribution in [0.2, 0.25) is 0 Å². The number of ether oxygens (including phenoxy) is 1. The number of benzene rings is 2. The number of aromatic amines is 2. The minimum atomic E-state index is -0.810. The molecule has 0 fully saturated rings. The molecule has 0 saturated carbocycles. The summed E-state index contributed by atoms with van der Waals surface area (Å²) in [6, 6.07) is 17.9. The van der Waals surface area contributed by atoms with Crippen molar-refractivity contribution in [3.63, 3.8) is 0 Å². The molecule has 5 aromatic rings. The van der Waals surface area contributed by atoms with Gasteiger partial charge in [0.2, 0.25) is 5.91 Å². The standard InChI is InChI=1S/C28H28N6O3/c1-16-17(7-10-26(29)32-16)14-31-27(35)24(13-19-15-30-23-6-4-3-5-21(19)23)34-28(36)25-12-18-11-20(37-2)8-9-22(18)33-25/h3-12,15,24,30,33H,13-14H2,1-2H3,(H2,29,32)(H,31,35)(H,34,36)/t24-/m0/s1. The molecule has 0 unspecified atom stereocenters. The number of fused-ring (bicyclic) bond motifs is 2. The summed E-state index contributed by atoms with van der Waals surface area (Å²) in [7, 11) is 1.59. The Labute approximate surface area is 213 Å². The highest BCUT2D eigenvalue weighted by atomic mass is 16.5. The van der Waals surface area contributed by atoms with Crippen molar-refractivity contribution >= 4 is 39.4 Å². The Morgan fingerprint density at radius 3 is 2.70 bits per heavy atom. The molecular formula is C28H28N6O3. The lowest BCUT2D eigenvalue weighted by atomic mass is 10.0. The number of amides is 2. The molecule has 0 aliphatic heterocycles. The van der Waals surface area contributed by atoms with Gasteiger partial charge in [0.15, 0.2) is 0 Å². The van der Waals surface area contributed by atoms with E-state index in [-0.39, 0.29) is 18.4 Å². The van der Waals surface area contributed by atoms with Crippen LogP contribution < -0.4 is 21.1 Å². The summed E-state index contributed by atoms with van der Waals surface area (Å²) in [6.07, 6.45) is 2.19. The van der Waals surface area contributed by atoms with Gasteiger partial charge in [0, 0.05) is 46.7 Å². The van der Waals surface area contributed by atoms with Crippen LogP contribution in [0.25, 0.3) is 21.8 Å². The molecule has 188 valence electrons. The molecule has 3 heterocycles. The molecule has 2 aromatic carbocycles.